The van der Waals surface area contributed by atoms with Crippen LogP contribution in [-0.4, -0.2) is 9.97 Å². The lowest BCUT2D eigenvalue weighted by molar-refractivity contribution is 0.890. The van der Waals surface area contributed by atoms with Crippen LogP contribution in [0.15, 0.2) is 23.7 Å². The molecule has 2 heterocycles. The van der Waals surface area contributed by atoms with E-state index in [0.717, 1.165) is 21.9 Å². The topological polar surface area (TPSA) is 37.8 Å². The van der Waals surface area contributed by atoms with Gasteiger partial charge in [0.25, 0.3) is 0 Å². The number of rotatable bonds is 3. The number of aryl methyl sites for hydroxylation is 2. The quantitative estimate of drug-likeness (QED) is 0.769. The van der Waals surface area contributed by atoms with Crippen LogP contribution in [-0.2, 0) is 0 Å². The Bertz CT molecular complexity index is 714. The number of benzene rings is 1. The number of anilines is 1. The minimum absolute atomic E-state index is 0.275. The zero-order valence-electron chi connectivity index (χ0n) is 11.1. The first-order chi connectivity index (χ1) is 9.13. The first-order valence-corrected chi connectivity index (χ1v) is 7.87. The number of hydrogen-bond donors (Lipinski definition) is 1. The molecule has 2 aromatic heterocycles. The van der Waals surface area contributed by atoms with Crippen molar-refractivity contribution in [2.45, 2.75) is 26.8 Å². The second-order valence-electron chi connectivity index (χ2n) is 4.58. The Morgan fingerprint density at radius 1 is 1.26 bits per heavy atom. The monoisotopic (exact) mass is 289 g/mol. The summed E-state index contributed by atoms with van der Waals surface area (Å²) in [6, 6.07) is 6.58. The SMILES string of the molecule is Cc1nc(C)c(C(C)Nc2ccc3ncsc3c2)s1. The first kappa shape index (κ1) is 12.6. The Morgan fingerprint density at radius 2 is 2.11 bits per heavy atom. The Morgan fingerprint density at radius 3 is 2.84 bits per heavy atom. The van der Waals surface area contributed by atoms with Crippen molar-refractivity contribution < 1.29 is 0 Å². The van der Waals surface area contributed by atoms with Crippen LogP contribution in [0.2, 0.25) is 0 Å². The maximum absolute atomic E-state index is 4.49. The molecule has 3 nitrogen and oxygen atoms in total. The fraction of sp³-hybridized carbons (Fsp3) is 0.286. The van der Waals surface area contributed by atoms with E-state index in [0.29, 0.717) is 0 Å². The zero-order chi connectivity index (χ0) is 13.4. The van der Waals surface area contributed by atoms with Crippen LogP contribution in [0.5, 0.6) is 0 Å². The van der Waals surface area contributed by atoms with Crippen LogP contribution in [0.25, 0.3) is 10.2 Å². The molecule has 0 aliphatic carbocycles. The van der Waals surface area contributed by atoms with Crippen LogP contribution in [0.4, 0.5) is 5.69 Å². The summed E-state index contributed by atoms with van der Waals surface area (Å²) in [5, 5.41) is 4.67. The predicted octanol–water partition coefficient (Wildman–Crippen LogP) is 4.54. The van der Waals surface area contributed by atoms with Gasteiger partial charge in [-0.15, -0.1) is 22.7 Å². The van der Waals surface area contributed by atoms with E-state index in [1.54, 1.807) is 22.7 Å². The Hall–Kier alpha value is -1.46. The number of hydrogen-bond acceptors (Lipinski definition) is 5. The highest BCUT2D eigenvalue weighted by Gasteiger charge is 2.13. The molecule has 1 atom stereocenters. The zero-order valence-corrected chi connectivity index (χ0v) is 12.7. The fourth-order valence-corrected chi connectivity index (χ4v) is 3.86. The number of fused-ring (bicyclic) bond motifs is 1. The lowest BCUT2D eigenvalue weighted by Crippen LogP contribution is -2.06. The molecule has 1 unspecified atom stereocenters. The summed E-state index contributed by atoms with van der Waals surface area (Å²) in [6.45, 7) is 6.30. The van der Waals surface area contributed by atoms with Gasteiger partial charge in [-0.1, -0.05) is 0 Å². The molecule has 0 bridgehead atoms. The largest absolute Gasteiger partial charge is 0.378 e. The fourth-order valence-electron chi connectivity index (χ4n) is 2.21. The summed E-state index contributed by atoms with van der Waals surface area (Å²) in [5.41, 5.74) is 5.21. The summed E-state index contributed by atoms with van der Waals surface area (Å²) < 4.78 is 1.22. The second-order valence-corrected chi connectivity index (χ2v) is 6.70. The molecule has 1 aromatic carbocycles. The molecule has 0 fully saturated rings. The molecule has 3 rings (SSSR count). The van der Waals surface area contributed by atoms with Crippen molar-refractivity contribution in [2.24, 2.45) is 0 Å². The van der Waals surface area contributed by atoms with E-state index >= 15 is 0 Å². The number of nitrogens with zero attached hydrogens (tertiary/aromatic N) is 2. The highest BCUT2D eigenvalue weighted by Crippen LogP contribution is 2.29. The minimum Gasteiger partial charge on any atom is -0.378 e. The second kappa shape index (κ2) is 4.90. The standard InChI is InChI=1S/C14H15N3S2/c1-8-14(19-10(3)16-8)9(2)17-11-4-5-12-13(6-11)18-7-15-12/h4-7,9,17H,1-3H3. The van der Waals surface area contributed by atoms with Gasteiger partial charge < -0.3 is 5.32 Å². The molecule has 98 valence electrons. The van der Waals surface area contributed by atoms with Gasteiger partial charge in [0.2, 0.25) is 0 Å². The summed E-state index contributed by atoms with van der Waals surface area (Å²) >= 11 is 3.43. The van der Waals surface area contributed by atoms with Gasteiger partial charge >= 0.3 is 0 Å². The molecule has 1 N–H and O–H groups in total. The molecule has 19 heavy (non-hydrogen) atoms. The third-order valence-electron chi connectivity index (χ3n) is 3.05. The Balaban J connectivity index is 1.85. The smallest absolute Gasteiger partial charge is 0.0900 e. The van der Waals surface area contributed by atoms with Crippen LogP contribution in [0.1, 0.15) is 28.5 Å². The van der Waals surface area contributed by atoms with Crippen molar-refractivity contribution in [1.29, 1.82) is 0 Å². The average Bonchev–Trinajstić information content (AvgIpc) is 2.94. The lowest BCUT2D eigenvalue weighted by Gasteiger charge is -2.14. The molecule has 0 radical (unpaired) electrons. The van der Waals surface area contributed by atoms with Gasteiger partial charge in [0, 0.05) is 10.6 Å². The third kappa shape index (κ3) is 2.48. The molecule has 3 aromatic rings. The highest BCUT2D eigenvalue weighted by molar-refractivity contribution is 7.16. The van der Waals surface area contributed by atoms with Gasteiger partial charge in [0.15, 0.2) is 0 Å². The third-order valence-corrected chi connectivity index (χ3v) is 5.09. The Kier molecular flexibility index (Phi) is 3.24. The van der Waals surface area contributed by atoms with Crippen molar-refractivity contribution in [3.8, 4) is 0 Å². The molecular formula is C14H15N3S2. The molecule has 0 spiro atoms. The molecule has 0 aliphatic rings. The first-order valence-electron chi connectivity index (χ1n) is 6.17. The Labute approximate surface area is 120 Å². The highest BCUT2D eigenvalue weighted by atomic mass is 32.1. The van der Waals surface area contributed by atoms with Crippen molar-refractivity contribution >= 4 is 38.6 Å². The number of aromatic nitrogens is 2. The van der Waals surface area contributed by atoms with E-state index < -0.39 is 0 Å². The van der Waals surface area contributed by atoms with Crippen LogP contribution in [0, 0.1) is 13.8 Å². The summed E-state index contributed by atoms with van der Waals surface area (Å²) in [6.07, 6.45) is 0. The lowest BCUT2D eigenvalue weighted by atomic mass is 10.2. The van der Waals surface area contributed by atoms with E-state index in [4.69, 9.17) is 0 Å². The van der Waals surface area contributed by atoms with Gasteiger partial charge in [0.1, 0.15) is 0 Å². The average molecular weight is 289 g/mol. The van der Waals surface area contributed by atoms with E-state index in [1.165, 1.54) is 9.58 Å². The molecule has 0 aliphatic heterocycles. The number of nitrogens with one attached hydrogen (secondary N) is 1. The van der Waals surface area contributed by atoms with Gasteiger partial charge in [-0.25, -0.2) is 9.97 Å². The van der Waals surface area contributed by atoms with Crippen molar-refractivity contribution in [3.05, 3.63) is 39.3 Å². The maximum atomic E-state index is 4.49. The summed E-state index contributed by atoms with van der Waals surface area (Å²) in [4.78, 5) is 10.1. The molecule has 0 saturated heterocycles. The van der Waals surface area contributed by atoms with Gasteiger partial charge in [-0.05, 0) is 39.0 Å². The van der Waals surface area contributed by atoms with E-state index in [1.807, 2.05) is 5.51 Å². The van der Waals surface area contributed by atoms with Crippen LogP contribution < -0.4 is 5.32 Å². The molecule has 0 saturated carbocycles. The van der Waals surface area contributed by atoms with Crippen molar-refractivity contribution in [2.75, 3.05) is 5.32 Å². The van der Waals surface area contributed by atoms with Crippen LogP contribution in [0.3, 0.4) is 0 Å². The maximum Gasteiger partial charge on any atom is 0.0900 e. The van der Waals surface area contributed by atoms with Crippen LogP contribution >= 0.6 is 22.7 Å². The summed E-state index contributed by atoms with van der Waals surface area (Å²) in [7, 11) is 0. The molecular weight excluding hydrogens is 274 g/mol. The van der Waals surface area contributed by atoms with E-state index in [9.17, 15) is 0 Å². The molecule has 0 amide bonds. The van der Waals surface area contributed by atoms with Crippen molar-refractivity contribution in [3.63, 3.8) is 0 Å². The molecule has 5 heteroatoms. The van der Waals surface area contributed by atoms with Gasteiger partial charge in [-0.2, -0.15) is 0 Å². The van der Waals surface area contributed by atoms with Gasteiger partial charge in [-0.3, -0.25) is 0 Å². The normalized spacial score (nSPS) is 12.8. The predicted molar refractivity (Wildman–Crippen MR) is 83.2 cm³/mol. The van der Waals surface area contributed by atoms with E-state index in [-0.39, 0.29) is 6.04 Å². The minimum atomic E-state index is 0.275. The number of thiazole rings is 2. The van der Waals surface area contributed by atoms with E-state index in [2.05, 4.69) is 54.3 Å². The van der Waals surface area contributed by atoms with Crippen molar-refractivity contribution in [1.82, 2.24) is 9.97 Å². The summed E-state index contributed by atoms with van der Waals surface area (Å²) in [5.74, 6) is 0. The van der Waals surface area contributed by atoms with Gasteiger partial charge in [0.05, 0.1) is 32.5 Å².